The SMILES string of the molecule is c1ccc(-n2c3ccccc3c3cc(-c4ccc5c6c4c4ccc7ccccc7c4c4cccc(c46)n5-c4ncc5ccccc5n4)ccc32)cc1. The smallest absolute Gasteiger partial charge is 0.235 e. The van der Waals surface area contributed by atoms with Gasteiger partial charge in [-0.2, -0.15) is 0 Å². The van der Waals surface area contributed by atoms with E-state index >= 15 is 0 Å². The average molecular weight is 661 g/mol. The highest BCUT2D eigenvalue weighted by molar-refractivity contribution is 6.40. The average Bonchev–Trinajstić information content (AvgIpc) is 3.73. The molecule has 0 aliphatic rings. The quantitative estimate of drug-likeness (QED) is 0.177. The standard InChI is InChI=1S/C48H28N4/c1-2-13-32(14-3-1)51-40-19-9-7-16-35(40)38-27-30(22-25-41(38)51)34-24-26-43-47-45(34)37-23-21-29-11-4-6-15-33(29)44(37)36-17-10-20-42(46(36)47)52(43)48-49-28-31-12-5-8-18-39(31)50-48/h1-28H. The molecular weight excluding hydrogens is 633 g/mol. The fraction of sp³-hybridized carbons (Fsp3) is 0. The number of rotatable bonds is 3. The minimum absolute atomic E-state index is 0.681. The number of fused-ring (bicyclic) bond motifs is 9. The number of hydrogen-bond acceptors (Lipinski definition) is 2. The second-order valence-corrected chi connectivity index (χ2v) is 13.8. The summed E-state index contributed by atoms with van der Waals surface area (Å²) in [4.78, 5) is 10.1. The van der Waals surface area contributed by atoms with Crippen molar-refractivity contribution in [2.45, 2.75) is 0 Å². The molecule has 0 atom stereocenters. The van der Waals surface area contributed by atoms with Gasteiger partial charge in [-0.25, -0.2) is 9.97 Å². The lowest BCUT2D eigenvalue weighted by atomic mass is 9.87. The van der Waals surface area contributed by atoms with E-state index in [9.17, 15) is 0 Å². The number of aromatic nitrogens is 4. The van der Waals surface area contributed by atoms with E-state index in [1.54, 1.807) is 0 Å². The van der Waals surface area contributed by atoms with Gasteiger partial charge >= 0.3 is 0 Å². The van der Waals surface area contributed by atoms with Gasteiger partial charge in [0.15, 0.2) is 0 Å². The first-order valence-electron chi connectivity index (χ1n) is 17.8. The molecule has 0 aliphatic carbocycles. The summed E-state index contributed by atoms with van der Waals surface area (Å²) in [6, 6.07) is 59.3. The molecule has 0 amide bonds. The van der Waals surface area contributed by atoms with Crippen LogP contribution in [0, 0.1) is 0 Å². The number of benzene rings is 9. The van der Waals surface area contributed by atoms with Crippen LogP contribution in [-0.4, -0.2) is 19.1 Å². The Morgan fingerprint density at radius 1 is 0.385 bits per heavy atom. The number of nitrogens with zero attached hydrogens (tertiary/aromatic N) is 4. The third-order valence-electron chi connectivity index (χ3n) is 11.1. The zero-order chi connectivity index (χ0) is 33.9. The molecular formula is C48H28N4. The maximum absolute atomic E-state index is 5.12. The summed E-state index contributed by atoms with van der Waals surface area (Å²) in [7, 11) is 0. The van der Waals surface area contributed by atoms with Crippen LogP contribution < -0.4 is 0 Å². The summed E-state index contributed by atoms with van der Waals surface area (Å²) < 4.78 is 4.64. The Morgan fingerprint density at radius 3 is 2.00 bits per heavy atom. The Morgan fingerprint density at radius 2 is 1.08 bits per heavy atom. The largest absolute Gasteiger partial charge is 0.309 e. The highest BCUT2D eigenvalue weighted by Crippen LogP contribution is 2.48. The summed E-state index contributed by atoms with van der Waals surface area (Å²) >= 11 is 0. The second-order valence-electron chi connectivity index (χ2n) is 13.8. The number of hydrogen-bond donors (Lipinski definition) is 0. The van der Waals surface area contributed by atoms with Crippen molar-refractivity contribution in [3.8, 4) is 22.8 Å². The Balaban J connectivity index is 1.23. The van der Waals surface area contributed by atoms with Gasteiger partial charge in [-0.15, -0.1) is 0 Å². The number of para-hydroxylation sites is 3. The fourth-order valence-corrected chi connectivity index (χ4v) is 8.93. The molecule has 9 aromatic carbocycles. The van der Waals surface area contributed by atoms with E-state index in [4.69, 9.17) is 9.97 Å². The molecule has 0 spiro atoms. The zero-order valence-electron chi connectivity index (χ0n) is 28.0. The van der Waals surface area contributed by atoms with Crippen LogP contribution in [0.5, 0.6) is 0 Å². The first-order chi connectivity index (χ1) is 25.8. The van der Waals surface area contributed by atoms with Crippen molar-refractivity contribution in [3.63, 3.8) is 0 Å². The van der Waals surface area contributed by atoms with Crippen LogP contribution in [0.25, 0.3) is 110 Å². The van der Waals surface area contributed by atoms with Crippen LogP contribution in [0.15, 0.2) is 170 Å². The summed E-state index contributed by atoms with van der Waals surface area (Å²) in [5.74, 6) is 0.681. The van der Waals surface area contributed by atoms with Crippen LogP contribution >= 0.6 is 0 Å². The van der Waals surface area contributed by atoms with Gasteiger partial charge in [-0.05, 0) is 86.6 Å². The van der Waals surface area contributed by atoms with Crippen LogP contribution in [0.4, 0.5) is 0 Å². The summed E-state index contributed by atoms with van der Waals surface area (Å²) in [6.07, 6.45) is 1.94. The van der Waals surface area contributed by atoms with E-state index in [2.05, 4.69) is 161 Å². The highest BCUT2D eigenvalue weighted by Gasteiger charge is 2.24. The van der Waals surface area contributed by atoms with Crippen molar-refractivity contribution in [3.05, 3.63) is 170 Å². The molecule has 12 rings (SSSR count). The molecule has 3 aromatic heterocycles. The predicted molar refractivity (Wildman–Crippen MR) is 217 cm³/mol. The van der Waals surface area contributed by atoms with E-state index in [0.717, 1.165) is 27.6 Å². The summed E-state index contributed by atoms with van der Waals surface area (Å²) in [5.41, 5.74) is 9.13. The van der Waals surface area contributed by atoms with Gasteiger partial charge in [0.25, 0.3) is 0 Å². The van der Waals surface area contributed by atoms with Gasteiger partial charge < -0.3 is 4.57 Å². The molecule has 0 bridgehead atoms. The fourth-order valence-electron chi connectivity index (χ4n) is 8.93. The molecule has 4 heteroatoms. The molecule has 0 fully saturated rings. The Hall–Kier alpha value is -7.04. The normalized spacial score (nSPS) is 12.2. The molecule has 3 heterocycles. The van der Waals surface area contributed by atoms with Crippen LogP contribution in [0.1, 0.15) is 0 Å². The monoisotopic (exact) mass is 660 g/mol. The van der Waals surface area contributed by atoms with E-state index in [1.165, 1.54) is 76.0 Å². The van der Waals surface area contributed by atoms with E-state index in [0.29, 0.717) is 5.95 Å². The van der Waals surface area contributed by atoms with Gasteiger partial charge in [0, 0.05) is 44.2 Å². The van der Waals surface area contributed by atoms with Crippen LogP contribution in [0.2, 0.25) is 0 Å². The van der Waals surface area contributed by atoms with Crippen molar-refractivity contribution < 1.29 is 0 Å². The van der Waals surface area contributed by atoms with E-state index in [-0.39, 0.29) is 0 Å². The van der Waals surface area contributed by atoms with Crippen LogP contribution in [-0.2, 0) is 0 Å². The van der Waals surface area contributed by atoms with Gasteiger partial charge in [-0.3, -0.25) is 4.57 Å². The Kier molecular flexibility index (Phi) is 5.47. The van der Waals surface area contributed by atoms with Gasteiger partial charge in [0.05, 0.1) is 27.6 Å². The van der Waals surface area contributed by atoms with Crippen molar-refractivity contribution >= 4 is 86.8 Å². The maximum Gasteiger partial charge on any atom is 0.235 e. The molecule has 12 aromatic rings. The predicted octanol–water partition coefficient (Wildman–Crippen LogP) is 12.4. The summed E-state index contributed by atoms with van der Waals surface area (Å²) in [6.45, 7) is 0. The minimum atomic E-state index is 0.681. The molecule has 4 nitrogen and oxygen atoms in total. The molecule has 52 heavy (non-hydrogen) atoms. The first kappa shape index (κ1) is 27.7. The van der Waals surface area contributed by atoms with Crippen molar-refractivity contribution in [2.75, 3.05) is 0 Å². The lowest BCUT2D eigenvalue weighted by molar-refractivity contribution is 1.01. The molecule has 0 unspecified atom stereocenters. The molecule has 0 aliphatic heterocycles. The Bertz CT molecular complexity index is 3410. The third kappa shape index (κ3) is 3.65. The molecule has 0 saturated carbocycles. The topological polar surface area (TPSA) is 35.6 Å². The van der Waals surface area contributed by atoms with Crippen molar-refractivity contribution in [2.24, 2.45) is 0 Å². The minimum Gasteiger partial charge on any atom is -0.309 e. The van der Waals surface area contributed by atoms with Gasteiger partial charge in [0.2, 0.25) is 5.95 Å². The third-order valence-corrected chi connectivity index (χ3v) is 11.1. The lowest BCUT2D eigenvalue weighted by Gasteiger charge is -2.15. The molecule has 0 saturated heterocycles. The van der Waals surface area contributed by atoms with Gasteiger partial charge in [0.1, 0.15) is 0 Å². The van der Waals surface area contributed by atoms with E-state index in [1.807, 2.05) is 18.3 Å². The maximum atomic E-state index is 5.12. The van der Waals surface area contributed by atoms with Crippen molar-refractivity contribution in [1.82, 2.24) is 19.1 Å². The van der Waals surface area contributed by atoms with Gasteiger partial charge in [-0.1, -0.05) is 115 Å². The molecule has 0 radical (unpaired) electrons. The second kappa shape index (κ2) is 10.3. The zero-order valence-corrected chi connectivity index (χ0v) is 28.0. The lowest BCUT2D eigenvalue weighted by Crippen LogP contribution is -2.00. The van der Waals surface area contributed by atoms with E-state index < -0.39 is 0 Å². The molecule has 0 N–H and O–H groups in total. The highest BCUT2D eigenvalue weighted by atomic mass is 15.2. The van der Waals surface area contributed by atoms with Crippen molar-refractivity contribution in [1.29, 1.82) is 0 Å². The first-order valence-corrected chi connectivity index (χ1v) is 17.8. The Labute approximate surface area is 297 Å². The molecule has 240 valence electrons. The summed E-state index contributed by atoms with van der Waals surface area (Å²) in [5, 5.41) is 13.6. The van der Waals surface area contributed by atoms with Crippen LogP contribution in [0.3, 0.4) is 0 Å².